The molecule has 164 valence electrons. The van der Waals surface area contributed by atoms with Gasteiger partial charge in [0, 0.05) is 41.8 Å². The fourth-order valence-corrected chi connectivity index (χ4v) is 6.06. The van der Waals surface area contributed by atoms with Crippen molar-refractivity contribution in [2.75, 3.05) is 12.4 Å². The average Bonchev–Trinajstić information content (AvgIpc) is 3.35. The summed E-state index contributed by atoms with van der Waals surface area (Å²) in [5.41, 5.74) is 2.17. The summed E-state index contributed by atoms with van der Waals surface area (Å²) in [5, 5.41) is 4.63. The second kappa shape index (κ2) is 8.36. The quantitative estimate of drug-likeness (QED) is 0.560. The third-order valence-corrected chi connectivity index (χ3v) is 8.32. The van der Waals surface area contributed by atoms with E-state index in [1.807, 2.05) is 29.3 Å². The maximum absolute atomic E-state index is 13.4. The number of hydrogen-bond donors (Lipinski definition) is 2. The second-order valence-corrected chi connectivity index (χ2v) is 10.8. The molecule has 1 aliphatic heterocycles. The van der Waals surface area contributed by atoms with Crippen LogP contribution in [0, 0.1) is 5.82 Å². The molecule has 1 saturated heterocycles. The van der Waals surface area contributed by atoms with Crippen molar-refractivity contribution >= 4 is 50.3 Å². The third kappa shape index (κ3) is 4.53. The van der Waals surface area contributed by atoms with Gasteiger partial charge in [0.25, 0.3) is 0 Å². The Morgan fingerprint density at radius 3 is 2.87 bits per heavy atom. The zero-order valence-electron chi connectivity index (χ0n) is 16.8. The number of halogens is 2. The summed E-state index contributed by atoms with van der Waals surface area (Å²) in [7, 11) is 0.604. The number of nitrogens with one attached hydrogen (secondary N) is 2. The summed E-state index contributed by atoms with van der Waals surface area (Å²) in [6.45, 7) is 0. The molecule has 0 spiro atoms. The third-order valence-electron chi connectivity index (χ3n) is 5.14. The molecular formula is C20H21ClFN5O2S2. The second-order valence-electron chi connectivity index (χ2n) is 7.39. The van der Waals surface area contributed by atoms with Gasteiger partial charge in [0.1, 0.15) is 11.9 Å². The van der Waals surface area contributed by atoms with Crippen LogP contribution in [0.15, 0.2) is 42.2 Å². The summed E-state index contributed by atoms with van der Waals surface area (Å²) in [5.74, 6) is 2.87. The summed E-state index contributed by atoms with van der Waals surface area (Å²) < 4.78 is 32.9. The molecule has 1 amide bonds. The highest BCUT2D eigenvalue weighted by Gasteiger charge is 2.38. The van der Waals surface area contributed by atoms with E-state index in [1.54, 1.807) is 13.4 Å². The Kier molecular flexibility index (Phi) is 5.93. The molecule has 0 saturated carbocycles. The predicted molar refractivity (Wildman–Crippen MR) is 124 cm³/mol. The largest absolute Gasteiger partial charge is 0.340 e. The number of carbonyl (C=O) groups excluding carboxylic acids is 1. The topological polar surface area (TPSA) is 79.3 Å². The highest BCUT2D eigenvalue weighted by atomic mass is 35.5. The van der Waals surface area contributed by atoms with Crippen LogP contribution in [0.1, 0.15) is 17.3 Å². The Labute approximate surface area is 189 Å². The van der Waals surface area contributed by atoms with Gasteiger partial charge in [0.05, 0.1) is 33.0 Å². The number of hydrogen-bond acceptors (Lipinski definition) is 4. The highest BCUT2D eigenvalue weighted by molar-refractivity contribution is 7.96. The summed E-state index contributed by atoms with van der Waals surface area (Å²) >= 11 is 7.32. The Morgan fingerprint density at radius 1 is 1.42 bits per heavy atom. The number of aromatic nitrogens is 2. The van der Waals surface area contributed by atoms with Crippen molar-refractivity contribution in [2.45, 2.75) is 18.5 Å². The highest BCUT2D eigenvalue weighted by Crippen LogP contribution is 2.34. The molecule has 3 aromatic rings. The molecule has 1 fully saturated rings. The lowest BCUT2D eigenvalue weighted by Crippen LogP contribution is -2.55. The van der Waals surface area contributed by atoms with Crippen LogP contribution in [0.2, 0.25) is 5.02 Å². The van der Waals surface area contributed by atoms with Gasteiger partial charge in [0.15, 0.2) is 0 Å². The number of aryl methyl sites for hydroxylation is 1. The van der Waals surface area contributed by atoms with Crippen molar-refractivity contribution in [1.82, 2.24) is 18.6 Å². The average molecular weight is 482 g/mol. The van der Waals surface area contributed by atoms with Crippen molar-refractivity contribution in [3.05, 3.63) is 57.9 Å². The Hall–Kier alpha value is -2.24. The molecule has 2 aromatic heterocycles. The number of rotatable bonds is 4. The van der Waals surface area contributed by atoms with Crippen LogP contribution in [-0.4, -0.2) is 42.9 Å². The van der Waals surface area contributed by atoms with Crippen LogP contribution in [0.25, 0.3) is 11.3 Å². The van der Waals surface area contributed by atoms with Gasteiger partial charge >= 0.3 is 0 Å². The first-order valence-electron chi connectivity index (χ1n) is 9.34. The number of likely N-dealkylation sites (N-methyl/N-ethyl adjacent to an activating group) is 1. The first-order valence-corrected chi connectivity index (χ1v) is 12.3. The molecule has 0 aliphatic carbocycles. The van der Waals surface area contributed by atoms with Crippen molar-refractivity contribution in [3.63, 3.8) is 0 Å². The number of nitrogens with zero attached hydrogens (tertiary/aromatic N) is 3. The van der Waals surface area contributed by atoms with E-state index in [1.165, 1.54) is 33.8 Å². The molecule has 1 unspecified atom stereocenters. The van der Waals surface area contributed by atoms with E-state index in [-0.39, 0.29) is 17.0 Å². The van der Waals surface area contributed by atoms with Gasteiger partial charge in [-0.05, 0) is 36.6 Å². The molecule has 1 aliphatic rings. The molecule has 1 aromatic carbocycles. The van der Waals surface area contributed by atoms with Gasteiger partial charge in [-0.2, -0.15) is 0 Å². The van der Waals surface area contributed by atoms with Gasteiger partial charge < -0.3 is 9.88 Å². The molecule has 11 heteroatoms. The molecule has 0 bridgehead atoms. The summed E-state index contributed by atoms with van der Waals surface area (Å²) in [4.78, 5) is 18.3. The Balaban J connectivity index is 1.57. The molecule has 3 atom stereocenters. The molecule has 4 rings (SSSR count). The van der Waals surface area contributed by atoms with E-state index < -0.39 is 21.8 Å². The first kappa shape index (κ1) is 22.0. The Bertz CT molecular complexity index is 1240. The minimum Gasteiger partial charge on any atom is -0.340 e. The van der Waals surface area contributed by atoms with Crippen molar-refractivity contribution in [1.29, 1.82) is 0 Å². The summed E-state index contributed by atoms with van der Waals surface area (Å²) in [6, 6.07) is 4.91. The van der Waals surface area contributed by atoms with Crippen molar-refractivity contribution in [3.8, 4) is 11.3 Å². The normalized spacial score (nSPS) is 24.3. The van der Waals surface area contributed by atoms with Gasteiger partial charge in [-0.3, -0.25) is 4.79 Å². The number of imidazole rings is 1. The van der Waals surface area contributed by atoms with E-state index in [0.29, 0.717) is 12.1 Å². The number of carbonyl (C=O) groups is 1. The van der Waals surface area contributed by atoms with Crippen molar-refractivity contribution < 1.29 is 13.4 Å². The lowest BCUT2D eigenvalue weighted by molar-refractivity contribution is -0.120. The molecule has 7 nitrogen and oxygen atoms in total. The van der Waals surface area contributed by atoms with E-state index in [0.717, 1.165) is 16.1 Å². The molecule has 0 radical (unpaired) electrons. The van der Waals surface area contributed by atoms with E-state index in [2.05, 4.69) is 20.9 Å². The van der Waals surface area contributed by atoms with Crippen LogP contribution >= 0.6 is 22.9 Å². The van der Waals surface area contributed by atoms with Crippen LogP contribution in [-0.2, 0) is 21.7 Å². The molecule has 3 heterocycles. The monoisotopic (exact) mass is 481 g/mol. The predicted octanol–water partition coefficient (Wildman–Crippen LogP) is 3.46. The van der Waals surface area contributed by atoms with Gasteiger partial charge in [0.2, 0.25) is 5.91 Å². The van der Waals surface area contributed by atoms with Crippen molar-refractivity contribution in [2.24, 2.45) is 7.05 Å². The lowest BCUT2D eigenvalue weighted by Gasteiger charge is -2.39. The number of benzene rings is 1. The lowest BCUT2D eigenvalue weighted by atomic mass is 10.0. The zero-order chi connectivity index (χ0) is 22.3. The number of amides is 1. The summed E-state index contributed by atoms with van der Waals surface area (Å²) in [6.07, 6.45) is 4.03. The van der Waals surface area contributed by atoms with Crippen LogP contribution in [0.4, 0.5) is 10.1 Å². The maximum atomic E-state index is 13.4. The molecule has 31 heavy (non-hydrogen) atoms. The standard InChI is InChI=1S/C20H21ClFN5O2S2/c1-26-9-17(23-11-26)12-6-19(30-10-12)16-8-18(27(2)31(3,29)25-16)20(28)24-13-4-5-15(22)14(21)7-13/h4-7,9-11,16,18H,3,8H2,1-2H3,(H,24,28)(H,25,29)/t16-,18+,31?/m1/s1. The SMILES string of the molecule is C=S1(=O)N[C@@H](c2cc(-c3cn(C)cn3)cs2)C[C@@H](C(=O)Nc2ccc(F)c(Cl)c2)N1C. The maximum Gasteiger partial charge on any atom is 0.242 e. The van der Waals surface area contributed by atoms with E-state index >= 15 is 0 Å². The van der Waals surface area contributed by atoms with Gasteiger partial charge in [-0.1, -0.05) is 11.6 Å². The Morgan fingerprint density at radius 2 is 2.19 bits per heavy atom. The zero-order valence-corrected chi connectivity index (χ0v) is 19.2. The van der Waals surface area contributed by atoms with Crippen LogP contribution < -0.4 is 10.0 Å². The minimum absolute atomic E-state index is 0.0871. The number of thiophene rings is 1. The minimum atomic E-state index is -2.89. The van der Waals surface area contributed by atoms with Gasteiger partial charge in [-0.25, -0.2) is 22.6 Å². The number of anilines is 1. The van der Waals surface area contributed by atoms with Crippen LogP contribution in [0.3, 0.4) is 0 Å². The first-order chi connectivity index (χ1) is 14.6. The van der Waals surface area contributed by atoms with E-state index in [4.69, 9.17) is 11.6 Å². The fraction of sp³-hybridized carbons (Fsp3) is 0.250. The molecule has 2 N–H and O–H groups in total. The van der Waals surface area contributed by atoms with Crippen LogP contribution in [0.5, 0.6) is 0 Å². The smallest absolute Gasteiger partial charge is 0.242 e. The molecular weight excluding hydrogens is 461 g/mol. The fourth-order valence-electron chi connectivity index (χ4n) is 3.41. The van der Waals surface area contributed by atoms with E-state index in [9.17, 15) is 13.4 Å². The van der Waals surface area contributed by atoms with Gasteiger partial charge in [-0.15, -0.1) is 11.3 Å².